The van der Waals surface area contributed by atoms with Crippen LogP contribution < -0.4 is 5.73 Å². The third-order valence-electron chi connectivity index (χ3n) is 6.50. The van der Waals surface area contributed by atoms with E-state index >= 15 is 0 Å². The number of carbonyl (C=O) groups is 1. The normalized spacial score (nSPS) is 21.1. The lowest BCUT2D eigenvalue weighted by molar-refractivity contribution is -0.120. The minimum Gasteiger partial charge on any atom is -0.395 e. The Balaban J connectivity index is 1.53. The standard InChI is InChI=1S/C23H23BrN6O2/c24-19-20(15-6-8-23(13-31,14-32)9-7-15)28-22-18(11-27-30(22)21(19)25)16-10-26-29(12-16)17-4-2-1-3-5-17/h1-5,10-13,15,32H,6-9,14,25H2. The van der Waals surface area contributed by atoms with Crippen molar-refractivity contribution >= 4 is 33.7 Å². The Labute approximate surface area is 193 Å². The Morgan fingerprint density at radius 1 is 1.19 bits per heavy atom. The zero-order chi connectivity index (χ0) is 22.3. The van der Waals surface area contributed by atoms with Crippen LogP contribution in [0.4, 0.5) is 5.82 Å². The maximum Gasteiger partial charge on any atom is 0.165 e. The van der Waals surface area contributed by atoms with Gasteiger partial charge in [-0.25, -0.2) is 9.67 Å². The maximum atomic E-state index is 11.5. The number of aromatic nitrogens is 5. The molecule has 32 heavy (non-hydrogen) atoms. The van der Waals surface area contributed by atoms with E-state index in [0.717, 1.165) is 46.1 Å². The molecule has 3 N–H and O–H groups in total. The van der Waals surface area contributed by atoms with Gasteiger partial charge in [-0.1, -0.05) is 18.2 Å². The van der Waals surface area contributed by atoms with Gasteiger partial charge in [-0.15, -0.1) is 0 Å². The number of halogens is 1. The predicted molar refractivity (Wildman–Crippen MR) is 124 cm³/mol. The minimum absolute atomic E-state index is 0.114. The summed E-state index contributed by atoms with van der Waals surface area (Å²) in [6, 6.07) is 9.90. The molecule has 8 nitrogen and oxygen atoms in total. The molecule has 0 radical (unpaired) electrons. The molecule has 3 aromatic heterocycles. The van der Waals surface area contributed by atoms with Crippen molar-refractivity contribution in [2.24, 2.45) is 5.41 Å². The van der Waals surface area contributed by atoms with Gasteiger partial charge in [0.05, 0.1) is 34.9 Å². The first-order chi connectivity index (χ1) is 15.5. The Hall–Kier alpha value is -3.04. The van der Waals surface area contributed by atoms with E-state index in [1.807, 2.05) is 41.2 Å². The Morgan fingerprint density at radius 3 is 2.62 bits per heavy atom. The summed E-state index contributed by atoms with van der Waals surface area (Å²) in [6.45, 7) is -0.114. The first-order valence-corrected chi connectivity index (χ1v) is 11.3. The van der Waals surface area contributed by atoms with E-state index in [2.05, 4.69) is 26.1 Å². The topological polar surface area (TPSA) is 111 Å². The minimum atomic E-state index is -0.633. The highest BCUT2D eigenvalue weighted by molar-refractivity contribution is 9.10. The van der Waals surface area contributed by atoms with Crippen LogP contribution in [0.1, 0.15) is 37.3 Å². The number of anilines is 1. The van der Waals surface area contributed by atoms with Crippen LogP contribution in [-0.2, 0) is 4.79 Å². The number of hydrogen-bond acceptors (Lipinski definition) is 6. The van der Waals surface area contributed by atoms with Crippen LogP contribution in [0, 0.1) is 5.41 Å². The number of nitrogens with zero attached hydrogens (tertiary/aromatic N) is 5. The van der Waals surface area contributed by atoms with Crippen molar-refractivity contribution < 1.29 is 9.90 Å². The molecule has 1 aliphatic rings. The van der Waals surface area contributed by atoms with Crippen molar-refractivity contribution in [3.8, 4) is 16.8 Å². The summed E-state index contributed by atoms with van der Waals surface area (Å²) in [5, 5.41) is 18.6. The van der Waals surface area contributed by atoms with E-state index in [-0.39, 0.29) is 12.5 Å². The van der Waals surface area contributed by atoms with E-state index in [0.29, 0.717) is 24.3 Å². The highest BCUT2D eigenvalue weighted by atomic mass is 79.9. The number of nitrogens with two attached hydrogens (primary N) is 1. The van der Waals surface area contributed by atoms with Crippen LogP contribution in [0.15, 0.2) is 53.4 Å². The van der Waals surface area contributed by atoms with Crippen molar-refractivity contribution in [1.29, 1.82) is 0 Å². The molecular weight excluding hydrogens is 472 g/mol. The van der Waals surface area contributed by atoms with Gasteiger partial charge in [0, 0.05) is 28.7 Å². The monoisotopic (exact) mass is 494 g/mol. The molecule has 0 amide bonds. The Bertz CT molecular complexity index is 1270. The number of aliphatic hydroxyl groups excluding tert-OH is 1. The average molecular weight is 495 g/mol. The molecule has 0 atom stereocenters. The van der Waals surface area contributed by atoms with Crippen LogP contribution in [0.25, 0.3) is 22.5 Å². The molecule has 0 saturated heterocycles. The van der Waals surface area contributed by atoms with Gasteiger partial charge in [-0.2, -0.15) is 14.7 Å². The summed E-state index contributed by atoms with van der Waals surface area (Å²) in [7, 11) is 0. The second kappa shape index (κ2) is 8.14. The summed E-state index contributed by atoms with van der Waals surface area (Å²) in [5.74, 6) is 0.632. The van der Waals surface area contributed by atoms with E-state index in [4.69, 9.17) is 10.7 Å². The van der Waals surface area contributed by atoms with Crippen molar-refractivity contribution in [3.63, 3.8) is 0 Å². The second-order valence-electron chi connectivity index (χ2n) is 8.41. The average Bonchev–Trinajstić information content (AvgIpc) is 3.49. The third-order valence-corrected chi connectivity index (χ3v) is 7.31. The summed E-state index contributed by atoms with van der Waals surface area (Å²) in [6.07, 6.45) is 9.19. The zero-order valence-electron chi connectivity index (χ0n) is 17.4. The molecule has 164 valence electrons. The first kappa shape index (κ1) is 20.8. The molecule has 1 saturated carbocycles. The number of para-hydroxylation sites is 1. The molecule has 1 aliphatic carbocycles. The van der Waals surface area contributed by atoms with E-state index in [1.54, 1.807) is 16.9 Å². The van der Waals surface area contributed by atoms with Crippen LogP contribution in [-0.4, -0.2) is 42.4 Å². The Morgan fingerprint density at radius 2 is 1.94 bits per heavy atom. The summed E-state index contributed by atoms with van der Waals surface area (Å²) in [5.41, 5.74) is 10.0. The van der Waals surface area contributed by atoms with Crippen LogP contribution in [0.3, 0.4) is 0 Å². The molecule has 3 heterocycles. The van der Waals surface area contributed by atoms with Gasteiger partial charge in [-0.3, -0.25) is 0 Å². The molecule has 1 fully saturated rings. The maximum absolute atomic E-state index is 11.5. The molecule has 0 unspecified atom stereocenters. The fourth-order valence-corrected chi connectivity index (χ4v) is 5.03. The van der Waals surface area contributed by atoms with E-state index in [9.17, 15) is 9.90 Å². The summed E-state index contributed by atoms with van der Waals surface area (Å²) < 4.78 is 4.18. The molecular formula is C23H23BrN6O2. The number of hydrogen-bond donors (Lipinski definition) is 2. The highest BCUT2D eigenvalue weighted by Crippen LogP contribution is 2.44. The van der Waals surface area contributed by atoms with Crippen LogP contribution >= 0.6 is 15.9 Å². The molecule has 9 heteroatoms. The lowest BCUT2D eigenvalue weighted by Gasteiger charge is -2.34. The first-order valence-electron chi connectivity index (χ1n) is 10.6. The quantitative estimate of drug-likeness (QED) is 0.408. The summed E-state index contributed by atoms with van der Waals surface area (Å²) in [4.78, 5) is 16.5. The molecule has 0 aliphatic heterocycles. The number of carbonyl (C=O) groups excluding carboxylic acids is 1. The molecule has 1 aromatic carbocycles. The third kappa shape index (κ3) is 3.41. The fraction of sp³-hybridized carbons (Fsp3) is 0.304. The van der Waals surface area contributed by atoms with Crippen molar-refractivity contribution in [2.75, 3.05) is 12.3 Å². The van der Waals surface area contributed by atoms with Gasteiger partial charge in [0.1, 0.15) is 12.1 Å². The van der Waals surface area contributed by atoms with Gasteiger partial charge in [-0.05, 0) is 53.7 Å². The number of nitrogen functional groups attached to an aromatic ring is 1. The molecule has 5 rings (SSSR count). The second-order valence-corrected chi connectivity index (χ2v) is 9.20. The van der Waals surface area contributed by atoms with Gasteiger partial charge in [0.25, 0.3) is 0 Å². The largest absolute Gasteiger partial charge is 0.395 e. The zero-order valence-corrected chi connectivity index (χ0v) is 18.9. The fourth-order valence-electron chi connectivity index (χ4n) is 4.45. The van der Waals surface area contributed by atoms with Crippen molar-refractivity contribution in [1.82, 2.24) is 24.4 Å². The number of aliphatic hydroxyl groups is 1. The molecule has 0 bridgehead atoms. The van der Waals surface area contributed by atoms with Gasteiger partial charge >= 0.3 is 0 Å². The van der Waals surface area contributed by atoms with Crippen LogP contribution in [0.2, 0.25) is 0 Å². The SMILES string of the molecule is Nc1c(Br)c(C2CCC(C=O)(CO)CC2)nc2c(-c3cnn(-c4ccccc4)c3)cnn12. The molecule has 0 spiro atoms. The lowest BCUT2D eigenvalue weighted by atomic mass is 9.71. The smallest absolute Gasteiger partial charge is 0.165 e. The predicted octanol–water partition coefficient (Wildman–Crippen LogP) is 3.76. The number of aldehydes is 1. The van der Waals surface area contributed by atoms with E-state index < -0.39 is 5.41 Å². The van der Waals surface area contributed by atoms with E-state index in [1.165, 1.54) is 0 Å². The van der Waals surface area contributed by atoms with Crippen molar-refractivity contribution in [2.45, 2.75) is 31.6 Å². The Kier molecular flexibility index (Phi) is 5.30. The van der Waals surface area contributed by atoms with Gasteiger partial charge in [0.15, 0.2) is 5.65 Å². The number of fused-ring (bicyclic) bond motifs is 1. The van der Waals surface area contributed by atoms with Gasteiger partial charge in [0.2, 0.25) is 0 Å². The van der Waals surface area contributed by atoms with Crippen molar-refractivity contribution in [3.05, 3.63) is 59.1 Å². The van der Waals surface area contributed by atoms with Crippen LogP contribution in [0.5, 0.6) is 0 Å². The summed E-state index contributed by atoms with van der Waals surface area (Å²) >= 11 is 3.62. The lowest BCUT2D eigenvalue weighted by Crippen LogP contribution is -2.32. The number of benzene rings is 1. The van der Waals surface area contributed by atoms with Gasteiger partial charge < -0.3 is 15.6 Å². The molecule has 4 aromatic rings. The number of rotatable bonds is 5. The highest BCUT2D eigenvalue weighted by Gasteiger charge is 2.36.